The Bertz CT molecular complexity index is 802. The van der Waals surface area contributed by atoms with Crippen molar-refractivity contribution in [3.05, 3.63) is 116 Å². The number of benzene rings is 2. The monoisotopic (exact) mass is 348 g/mol. The third-order valence-electron chi connectivity index (χ3n) is 3.34. The van der Waals surface area contributed by atoms with Gasteiger partial charge in [-0.05, 0) is 35.4 Å². The van der Waals surface area contributed by atoms with Crippen LogP contribution in [0.25, 0.3) is 12.2 Å². The molecule has 0 fully saturated rings. The zero-order valence-electron chi connectivity index (χ0n) is 13.8. The summed E-state index contributed by atoms with van der Waals surface area (Å²) in [7, 11) is 0. The van der Waals surface area contributed by atoms with Gasteiger partial charge in [0.2, 0.25) is 0 Å². The fraction of sp³-hybridized carbons (Fsp3) is 0. The number of rotatable bonds is 7. The third-order valence-corrected chi connectivity index (χ3v) is 3.34. The van der Waals surface area contributed by atoms with E-state index in [1.54, 1.807) is 24.3 Å². The molecule has 0 radical (unpaired) electrons. The van der Waals surface area contributed by atoms with Crippen molar-refractivity contribution in [2.75, 3.05) is 0 Å². The average molecular weight is 348 g/mol. The first-order valence-electron chi connectivity index (χ1n) is 7.73. The van der Waals surface area contributed by atoms with Gasteiger partial charge < -0.3 is 0 Å². The molecule has 130 valence electrons. The molecule has 6 nitrogen and oxygen atoms in total. The summed E-state index contributed by atoms with van der Waals surface area (Å²) in [6, 6.07) is 12.6. The SMILES string of the molecule is O=[N+]([O-])c1ccc(C=CC=CC=CC=Cc2ccc([N+](=O)[O-])cc2)cc1. The minimum atomic E-state index is -0.428. The molecule has 0 spiro atoms. The molecule has 0 aliphatic rings. The summed E-state index contributed by atoms with van der Waals surface area (Å²) in [6.45, 7) is 0. The van der Waals surface area contributed by atoms with Crippen LogP contribution < -0.4 is 0 Å². The van der Waals surface area contributed by atoms with E-state index in [4.69, 9.17) is 0 Å². The largest absolute Gasteiger partial charge is 0.269 e. The van der Waals surface area contributed by atoms with Crippen molar-refractivity contribution < 1.29 is 9.85 Å². The van der Waals surface area contributed by atoms with Crippen LogP contribution in [0.3, 0.4) is 0 Å². The van der Waals surface area contributed by atoms with Crippen LogP contribution in [0.5, 0.6) is 0 Å². The molecule has 2 aromatic rings. The lowest BCUT2D eigenvalue weighted by Gasteiger charge is -1.92. The normalized spacial score (nSPS) is 11.8. The van der Waals surface area contributed by atoms with E-state index in [-0.39, 0.29) is 11.4 Å². The lowest BCUT2D eigenvalue weighted by Crippen LogP contribution is -1.86. The molecule has 0 saturated carbocycles. The molecule has 6 heteroatoms. The Morgan fingerprint density at radius 3 is 1.15 bits per heavy atom. The topological polar surface area (TPSA) is 86.3 Å². The van der Waals surface area contributed by atoms with Gasteiger partial charge in [-0.15, -0.1) is 0 Å². The van der Waals surface area contributed by atoms with Gasteiger partial charge in [0.05, 0.1) is 9.85 Å². The Morgan fingerprint density at radius 1 is 0.538 bits per heavy atom. The molecule has 0 atom stereocenters. The van der Waals surface area contributed by atoms with Gasteiger partial charge in [-0.1, -0.05) is 48.6 Å². The van der Waals surface area contributed by atoms with Gasteiger partial charge in [-0.25, -0.2) is 0 Å². The first-order valence-corrected chi connectivity index (χ1v) is 7.73. The highest BCUT2D eigenvalue weighted by molar-refractivity contribution is 5.54. The summed E-state index contributed by atoms with van der Waals surface area (Å²) in [6.07, 6.45) is 14.8. The quantitative estimate of drug-likeness (QED) is 0.384. The van der Waals surface area contributed by atoms with Crippen molar-refractivity contribution in [1.29, 1.82) is 0 Å². The van der Waals surface area contributed by atoms with Crippen LogP contribution in [0, 0.1) is 20.2 Å². The average Bonchev–Trinajstić information content (AvgIpc) is 2.64. The summed E-state index contributed by atoms with van der Waals surface area (Å²) in [5.41, 5.74) is 1.89. The van der Waals surface area contributed by atoms with Crippen molar-refractivity contribution in [2.24, 2.45) is 0 Å². The van der Waals surface area contributed by atoms with E-state index in [0.717, 1.165) is 11.1 Å². The molecule has 0 aliphatic carbocycles. The molecule has 0 bridgehead atoms. The maximum atomic E-state index is 10.6. The maximum Gasteiger partial charge on any atom is 0.269 e. The van der Waals surface area contributed by atoms with E-state index in [9.17, 15) is 20.2 Å². The smallest absolute Gasteiger partial charge is 0.258 e. The van der Waals surface area contributed by atoms with E-state index in [2.05, 4.69) is 0 Å². The van der Waals surface area contributed by atoms with Crippen LogP contribution >= 0.6 is 0 Å². The molecule has 26 heavy (non-hydrogen) atoms. The third kappa shape index (κ3) is 6.01. The summed E-state index contributed by atoms with van der Waals surface area (Å²) >= 11 is 0. The van der Waals surface area contributed by atoms with E-state index in [1.165, 1.54) is 24.3 Å². The van der Waals surface area contributed by atoms with Crippen LogP contribution in [0.2, 0.25) is 0 Å². The first-order chi connectivity index (χ1) is 12.6. The van der Waals surface area contributed by atoms with Gasteiger partial charge >= 0.3 is 0 Å². The van der Waals surface area contributed by atoms with Gasteiger partial charge in [0.25, 0.3) is 11.4 Å². The van der Waals surface area contributed by atoms with E-state index in [1.807, 2.05) is 48.6 Å². The Morgan fingerprint density at radius 2 is 0.846 bits per heavy atom. The molecular weight excluding hydrogens is 332 g/mol. The van der Waals surface area contributed by atoms with Crippen molar-refractivity contribution >= 4 is 23.5 Å². The Labute approximate surface area is 150 Å². The number of nitro groups is 2. The van der Waals surface area contributed by atoms with Gasteiger partial charge in [0, 0.05) is 24.3 Å². The molecule has 0 unspecified atom stereocenters. The van der Waals surface area contributed by atoms with Crippen LogP contribution in [-0.4, -0.2) is 9.85 Å². The second-order valence-corrected chi connectivity index (χ2v) is 5.19. The lowest BCUT2D eigenvalue weighted by atomic mass is 10.2. The van der Waals surface area contributed by atoms with Gasteiger partial charge in [0.15, 0.2) is 0 Å². The minimum Gasteiger partial charge on any atom is -0.258 e. The number of non-ortho nitro benzene ring substituents is 2. The summed E-state index contributed by atoms with van der Waals surface area (Å²) in [5.74, 6) is 0. The molecule has 2 rings (SSSR count). The highest BCUT2D eigenvalue weighted by Crippen LogP contribution is 2.13. The molecule has 0 amide bonds. The van der Waals surface area contributed by atoms with Gasteiger partial charge in [-0.2, -0.15) is 0 Å². The molecular formula is C20H16N2O4. The molecule has 0 saturated heterocycles. The van der Waals surface area contributed by atoms with Gasteiger partial charge in [-0.3, -0.25) is 20.2 Å². The van der Waals surface area contributed by atoms with Crippen LogP contribution in [-0.2, 0) is 0 Å². The predicted molar refractivity (Wildman–Crippen MR) is 103 cm³/mol. The Hall–Kier alpha value is -3.80. The zero-order valence-corrected chi connectivity index (χ0v) is 13.8. The van der Waals surface area contributed by atoms with Crippen molar-refractivity contribution in [1.82, 2.24) is 0 Å². The Kier molecular flexibility index (Phi) is 6.76. The van der Waals surface area contributed by atoms with Crippen molar-refractivity contribution in [3.8, 4) is 0 Å². The highest BCUT2D eigenvalue weighted by Gasteiger charge is 2.02. The second-order valence-electron chi connectivity index (χ2n) is 5.19. The number of hydrogen-bond acceptors (Lipinski definition) is 4. The number of nitrogens with zero attached hydrogens (tertiary/aromatic N) is 2. The first kappa shape index (κ1) is 18.5. The second kappa shape index (κ2) is 9.48. The lowest BCUT2D eigenvalue weighted by molar-refractivity contribution is -0.385. The van der Waals surface area contributed by atoms with Crippen LogP contribution in [0.1, 0.15) is 11.1 Å². The predicted octanol–water partition coefficient (Wildman–Crippen LogP) is 5.34. The highest BCUT2D eigenvalue weighted by atomic mass is 16.6. The number of hydrogen-bond donors (Lipinski definition) is 0. The maximum absolute atomic E-state index is 10.6. The number of allylic oxidation sites excluding steroid dienone is 6. The molecule has 0 aliphatic heterocycles. The molecule has 0 aromatic heterocycles. The summed E-state index contributed by atoms with van der Waals surface area (Å²) in [4.78, 5) is 20.3. The van der Waals surface area contributed by atoms with Gasteiger partial charge in [0.1, 0.15) is 0 Å². The number of nitro benzene ring substituents is 2. The van der Waals surface area contributed by atoms with E-state index < -0.39 is 9.85 Å². The zero-order chi connectivity index (χ0) is 18.8. The Balaban J connectivity index is 1.81. The van der Waals surface area contributed by atoms with Crippen LogP contribution in [0.4, 0.5) is 11.4 Å². The van der Waals surface area contributed by atoms with E-state index >= 15 is 0 Å². The minimum absolute atomic E-state index is 0.0698. The van der Waals surface area contributed by atoms with Crippen molar-refractivity contribution in [3.63, 3.8) is 0 Å². The summed E-state index contributed by atoms with van der Waals surface area (Å²) in [5, 5.41) is 21.1. The molecule has 0 heterocycles. The van der Waals surface area contributed by atoms with Crippen LogP contribution in [0.15, 0.2) is 85.0 Å². The molecule has 0 N–H and O–H groups in total. The fourth-order valence-electron chi connectivity index (χ4n) is 2.00. The van der Waals surface area contributed by atoms with E-state index in [0.29, 0.717) is 0 Å². The standard InChI is InChI=1S/C20H16N2O4/c23-21(24)19-13-9-17(10-14-19)7-5-3-1-2-4-6-8-18-11-15-20(16-12-18)22(25)26/h1-16H. The van der Waals surface area contributed by atoms with Crippen molar-refractivity contribution in [2.45, 2.75) is 0 Å². The molecule has 2 aromatic carbocycles. The fourth-order valence-corrected chi connectivity index (χ4v) is 2.00. The summed E-state index contributed by atoms with van der Waals surface area (Å²) < 4.78 is 0.